The zero-order valence-electron chi connectivity index (χ0n) is 14.7. The Morgan fingerprint density at radius 3 is 2.44 bits per heavy atom. The summed E-state index contributed by atoms with van der Waals surface area (Å²) < 4.78 is 33.9. The van der Waals surface area contributed by atoms with Gasteiger partial charge in [0, 0.05) is 18.5 Å². The molecule has 0 heterocycles. The van der Waals surface area contributed by atoms with Gasteiger partial charge >= 0.3 is 10.1 Å². The average molecular weight is 367 g/mol. The molecule has 7 heteroatoms. The van der Waals surface area contributed by atoms with E-state index in [9.17, 15) is 13.2 Å². The van der Waals surface area contributed by atoms with E-state index in [0.29, 0.717) is 18.3 Å². The fourth-order valence-corrected chi connectivity index (χ4v) is 3.46. The Morgan fingerprint density at radius 2 is 1.92 bits per heavy atom. The second kappa shape index (κ2) is 7.23. The normalized spacial score (nSPS) is 17.7. The van der Waals surface area contributed by atoms with Crippen LogP contribution in [0.3, 0.4) is 0 Å². The molecule has 2 aliphatic rings. The zero-order valence-corrected chi connectivity index (χ0v) is 15.5. The molecule has 1 aromatic rings. The Morgan fingerprint density at radius 1 is 1.20 bits per heavy atom. The summed E-state index contributed by atoms with van der Waals surface area (Å²) in [5.74, 6) is 0.815. The zero-order chi connectivity index (χ0) is 18.0. The number of amides is 1. The van der Waals surface area contributed by atoms with Crippen LogP contribution in [0.15, 0.2) is 18.2 Å². The van der Waals surface area contributed by atoms with E-state index in [1.807, 2.05) is 11.0 Å². The first kappa shape index (κ1) is 18.0. The largest absolute Gasteiger partial charge is 0.493 e. The Balaban J connectivity index is 1.80. The summed E-state index contributed by atoms with van der Waals surface area (Å²) in [4.78, 5) is 14.6. The van der Waals surface area contributed by atoms with Crippen LogP contribution in [0.1, 0.15) is 44.6 Å². The third kappa shape index (κ3) is 4.26. The minimum absolute atomic E-state index is 0.116. The van der Waals surface area contributed by atoms with E-state index in [4.69, 9.17) is 8.92 Å². The minimum atomic E-state index is -3.64. The molecule has 0 aliphatic heterocycles. The van der Waals surface area contributed by atoms with Crippen molar-refractivity contribution in [3.8, 4) is 11.5 Å². The summed E-state index contributed by atoms with van der Waals surface area (Å²) in [6.07, 6.45) is 5.18. The summed E-state index contributed by atoms with van der Waals surface area (Å²) in [6, 6.07) is 5.52. The highest BCUT2D eigenvalue weighted by Crippen LogP contribution is 2.36. The lowest BCUT2D eigenvalue weighted by atomic mass is 9.84. The van der Waals surface area contributed by atoms with Gasteiger partial charge in [0.05, 0.1) is 12.9 Å². The molecule has 1 aromatic carbocycles. The van der Waals surface area contributed by atoms with Gasteiger partial charge in [-0.25, -0.2) is 0 Å². The third-order valence-electron chi connectivity index (χ3n) is 4.88. The number of methoxy groups -OCH3 is 1. The lowest BCUT2D eigenvalue weighted by Gasteiger charge is -2.32. The fraction of sp³-hybridized carbons (Fsp3) is 0.611. The molecule has 0 unspecified atom stereocenters. The summed E-state index contributed by atoms with van der Waals surface area (Å²) >= 11 is 0. The van der Waals surface area contributed by atoms with Gasteiger partial charge < -0.3 is 13.8 Å². The molecule has 138 valence electrons. The molecule has 2 aliphatic carbocycles. The van der Waals surface area contributed by atoms with Gasteiger partial charge in [-0.15, -0.1) is 0 Å². The maximum absolute atomic E-state index is 12.7. The van der Waals surface area contributed by atoms with Crippen LogP contribution in [0.25, 0.3) is 0 Å². The van der Waals surface area contributed by atoms with Crippen molar-refractivity contribution in [1.82, 2.24) is 4.90 Å². The fourth-order valence-electron chi connectivity index (χ4n) is 2.94. The van der Waals surface area contributed by atoms with Gasteiger partial charge in [-0.3, -0.25) is 4.79 Å². The third-order valence-corrected chi connectivity index (χ3v) is 6.02. The molecular formula is C18H25NO5S. The predicted molar refractivity (Wildman–Crippen MR) is 94.0 cm³/mol. The molecule has 0 saturated heterocycles. The Hall–Kier alpha value is -1.76. The van der Waals surface area contributed by atoms with Crippen LogP contribution < -0.4 is 8.92 Å². The Labute approximate surface area is 149 Å². The number of nitrogens with zero attached hydrogens (tertiary/aromatic N) is 1. The lowest BCUT2D eigenvalue weighted by Crippen LogP contribution is -2.39. The van der Waals surface area contributed by atoms with Crippen molar-refractivity contribution >= 4 is 16.0 Å². The standard InChI is InChI=1S/C18H25NO5S/c1-3-25(21,22)24-17-11-13(7-10-16(17)23-2)12-19(15-8-9-15)18(20)14-5-4-6-14/h7,10-11,14-15H,3-6,8-9,12H2,1-2H3. The van der Waals surface area contributed by atoms with Gasteiger partial charge in [-0.2, -0.15) is 8.42 Å². The monoisotopic (exact) mass is 367 g/mol. The van der Waals surface area contributed by atoms with Gasteiger partial charge in [-0.1, -0.05) is 12.5 Å². The van der Waals surface area contributed by atoms with Crippen molar-refractivity contribution in [3.05, 3.63) is 23.8 Å². The number of benzene rings is 1. The van der Waals surface area contributed by atoms with Crippen LogP contribution in [0.2, 0.25) is 0 Å². The van der Waals surface area contributed by atoms with Crippen LogP contribution >= 0.6 is 0 Å². The molecule has 3 rings (SSSR count). The van der Waals surface area contributed by atoms with Crippen LogP contribution in [0.5, 0.6) is 11.5 Å². The van der Waals surface area contributed by atoms with Gasteiger partial charge in [0.1, 0.15) is 0 Å². The Kier molecular flexibility index (Phi) is 5.22. The van der Waals surface area contributed by atoms with Crippen molar-refractivity contribution in [2.75, 3.05) is 12.9 Å². The highest BCUT2D eigenvalue weighted by molar-refractivity contribution is 7.87. The van der Waals surface area contributed by atoms with Crippen molar-refractivity contribution in [3.63, 3.8) is 0 Å². The molecule has 0 atom stereocenters. The smallest absolute Gasteiger partial charge is 0.309 e. The number of hydrogen-bond donors (Lipinski definition) is 0. The summed E-state index contributed by atoms with van der Waals surface area (Å²) in [5, 5.41) is 0. The molecule has 25 heavy (non-hydrogen) atoms. The molecule has 0 aromatic heterocycles. The second-order valence-electron chi connectivity index (χ2n) is 6.74. The highest BCUT2D eigenvalue weighted by Gasteiger charge is 2.37. The molecule has 0 N–H and O–H groups in total. The van der Waals surface area contributed by atoms with Gasteiger partial charge in [0.25, 0.3) is 0 Å². The first-order valence-electron chi connectivity index (χ1n) is 8.83. The average Bonchev–Trinajstić information content (AvgIpc) is 3.35. The van der Waals surface area contributed by atoms with Crippen LogP contribution in [-0.2, 0) is 21.5 Å². The molecule has 0 radical (unpaired) electrons. The van der Waals surface area contributed by atoms with E-state index in [1.165, 1.54) is 14.0 Å². The molecule has 2 fully saturated rings. The van der Waals surface area contributed by atoms with E-state index in [0.717, 1.165) is 37.7 Å². The van der Waals surface area contributed by atoms with Crippen molar-refractivity contribution < 1.29 is 22.1 Å². The molecule has 6 nitrogen and oxygen atoms in total. The van der Waals surface area contributed by atoms with Crippen molar-refractivity contribution in [2.45, 2.75) is 51.6 Å². The van der Waals surface area contributed by atoms with Gasteiger partial charge in [0.15, 0.2) is 11.5 Å². The quantitative estimate of drug-likeness (QED) is 0.661. The Bertz CT molecular complexity index is 738. The molecule has 0 bridgehead atoms. The minimum Gasteiger partial charge on any atom is -0.493 e. The lowest BCUT2D eigenvalue weighted by molar-refractivity contribution is -0.139. The number of hydrogen-bond acceptors (Lipinski definition) is 5. The van der Waals surface area contributed by atoms with Crippen LogP contribution in [-0.4, -0.2) is 38.1 Å². The summed E-state index contributed by atoms with van der Waals surface area (Å²) in [5.41, 5.74) is 0.849. The number of ether oxygens (including phenoxy) is 1. The van der Waals surface area contributed by atoms with Crippen LogP contribution in [0, 0.1) is 5.92 Å². The molecule has 0 spiro atoms. The topological polar surface area (TPSA) is 72.9 Å². The maximum atomic E-state index is 12.7. The maximum Gasteiger partial charge on any atom is 0.309 e. The van der Waals surface area contributed by atoms with E-state index in [1.54, 1.807) is 12.1 Å². The van der Waals surface area contributed by atoms with Gasteiger partial charge in [-0.05, 0) is 50.3 Å². The van der Waals surface area contributed by atoms with E-state index < -0.39 is 10.1 Å². The first-order chi connectivity index (χ1) is 11.9. The summed E-state index contributed by atoms with van der Waals surface area (Å²) in [6.45, 7) is 2.00. The predicted octanol–water partition coefficient (Wildman–Crippen LogP) is 2.71. The summed E-state index contributed by atoms with van der Waals surface area (Å²) in [7, 11) is -2.17. The van der Waals surface area contributed by atoms with Gasteiger partial charge in [0.2, 0.25) is 5.91 Å². The molecular weight excluding hydrogens is 342 g/mol. The van der Waals surface area contributed by atoms with Crippen molar-refractivity contribution in [1.29, 1.82) is 0 Å². The molecule has 1 amide bonds. The van der Waals surface area contributed by atoms with Crippen molar-refractivity contribution in [2.24, 2.45) is 5.92 Å². The molecule has 2 saturated carbocycles. The van der Waals surface area contributed by atoms with E-state index >= 15 is 0 Å². The van der Waals surface area contributed by atoms with Crippen LogP contribution in [0.4, 0.5) is 0 Å². The SMILES string of the molecule is CCS(=O)(=O)Oc1cc(CN(C(=O)C2CCC2)C2CC2)ccc1OC. The number of carbonyl (C=O) groups excluding carboxylic acids is 1. The van der Waals surface area contributed by atoms with E-state index in [2.05, 4.69) is 0 Å². The highest BCUT2D eigenvalue weighted by atomic mass is 32.2. The van der Waals surface area contributed by atoms with E-state index in [-0.39, 0.29) is 23.3 Å². The number of carbonyl (C=O) groups is 1. The first-order valence-corrected chi connectivity index (χ1v) is 10.4. The second-order valence-corrected chi connectivity index (χ2v) is 8.60. The number of rotatable bonds is 8.